The van der Waals surface area contributed by atoms with Gasteiger partial charge in [0.15, 0.2) is 8.67 Å². The number of halogens is 12. The summed E-state index contributed by atoms with van der Waals surface area (Å²) in [5.41, 5.74) is 0.862. The fourth-order valence-corrected chi connectivity index (χ4v) is 13.1. The Morgan fingerprint density at radius 2 is 1.34 bits per heavy atom. The van der Waals surface area contributed by atoms with Gasteiger partial charge in [-0.3, -0.25) is 10.1 Å². The van der Waals surface area contributed by atoms with Crippen molar-refractivity contribution < 1.29 is 4.92 Å². The maximum absolute atomic E-state index is 11.8. The van der Waals surface area contributed by atoms with Gasteiger partial charge in [-0.15, -0.1) is 34.8 Å². The van der Waals surface area contributed by atoms with Crippen LogP contribution in [0, 0.1) is 27.9 Å². The van der Waals surface area contributed by atoms with Crippen LogP contribution in [0.1, 0.15) is 23.0 Å². The Balaban J connectivity index is 1.78. The molecule has 1 aromatic rings. The number of nitro groups is 1. The maximum atomic E-state index is 11.8. The number of hydrogen-bond donors (Lipinski definition) is 0. The van der Waals surface area contributed by atoms with Gasteiger partial charge < -0.3 is 0 Å². The lowest BCUT2D eigenvalue weighted by Crippen LogP contribution is -2.53. The molecule has 0 heterocycles. The number of nitro benzene ring substituents is 1. The minimum Gasteiger partial charge on any atom is -0.258 e. The van der Waals surface area contributed by atoms with E-state index in [1.54, 1.807) is 6.07 Å². The van der Waals surface area contributed by atoms with Gasteiger partial charge in [-0.05, 0) is 39.0 Å². The Hall–Kier alpha value is 1.77. The zero-order valence-corrected chi connectivity index (χ0v) is 26.2. The number of rotatable bonds is 1. The molecule has 6 rings (SSSR count). The number of alkyl halides is 7. The number of allylic oxidation sites excluding steroid dienone is 4. The summed E-state index contributed by atoms with van der Waals surface area (Å²) in [6.45, 7) is 0. The molecule has 5 aliphatic rings. The SMILES string of the molecule is O=[N+]([O-])c1cc2c(cc1Br)[C@@H]1[C@@H]([C@@H]3[C@@H]2[C@]2(Cl)C(Cl)=C(Cl)[C@]3(Cl)C2(Cl)Cl)[C@]2(Cl)C(Cl)=C(Cl)[C@@H]1C2(Cl)Cl. The quantitative estimate of drug-likeness (QED) is 0.163. The summed E-state index contributed by atoms with van der Waals surface area (Å²) in [7, 11) is 0. The highest BCUT2D eigenvalue weighted by atomic mass is 79.9. The van der Waals surface area contributed by atoms with Crippen molar-refractivity contribution in [1.29, 1.82) is 0 Å². The zero-order chi connectivity index (χ0) is 26.0. The van der Waals surface area contributed by atoms with Crippen LogP contribution in [0.4, 0.5) is 5.69 Å². The molecule has 188 valence electrons. The highest BCUT2D eigenvalue weighted by Gasteiger charge is 2.89. The lowest BCUT2D eigenvalue weighted by Gasteiger charge is -2.52. The Kier molecular flexibility index (Phi) is 5.80. The first-order valence-corrected chi connectivity index (χ1v) is 14.8. The van der Waals surface area contributed by atoms with Crippen molar-refractivity contribution >= 4 is 149 Å². The van der Waals surface area contributed by atoms with Crippen LogP contribution in [-0.4, -0.2) is 28.2 Å². The van der Waals surface area contributed by atoms with Gasteiger partial charge in [0, 0.05) is 34.8 Å². The first-order chi connectivity index (χ1) is 15.9. The first kappa shape index (κ1) is 27.0. The molecular weight excluding hydrogens is 756 g/mol. The molecule has 0 N–H and O–H groups in total. The third kappa shape index (κ3) is 2.54. The maximum Gasteiger partial charge on any atom is 0.283 e. The topological polar surface area (TPSA) is 43.1 Å². The molecule has 0 aromatic heterocycles. The van der Waals surface area contributed by atoms with Crippen LogP contribution >= 0.6 is 144 Å². The summed E-state index contributed by atoms with van der Waals surface area (Å²) >= 11 is 79.3. The van der Waals surface area contributed by atoms with E-state index in [1.807, 2.05) is 0 Å². The van der Waals surface area contributed by atoms with Crippen LogP contribution in [0.25, 0.3) is 0 Å². The molecule has 35 heavy (non-hydrogen) atoms. The summed E-state index contributed by atoms with van der Waals surface area (Å²) in [5.74, 6) is -3.76. The molecular formula is C20H7BrCl11NO2. The van der Waals surface area contributed by atoms with Crippen molar-refractivity contribution in [2.24, 2.45) is 17.8 Å². The molecule has 0 radical (unpaired) electrons. The highest BCUT2D eigenvalue weighted by Crippen LogP contribution is 2.87. The van der Waals surface area contributed by atoms with Crippen molar-refractivity contribution in [3.05, 3.63) is 58.0 Å². The van der Waals surface area contributed by atoms with Gasteiger partial charge in [0.25, 0.3) is 5.69 Å². The Labute approximate surface area is 262 Å². The smallest absolute Gasteiger partial charge is 0.258 e. The summed E-state index contributed by atoms with van der Waals surface area (Å²) in [6, 6.07) is 3.01. The lowest BCUT2D eigenvalue weighted by molar-refractivity contribution is -0.385. The average molecular weight is 763 g/mol. The van der Waals surface area contributed by atoms with Crippen LogP contribution in [0.5, 0.6) is 0 Å². The minimum absolute atomic E-state index is 0.0418. The van der Waals surface area contributed by atoms with Gasteiger partial charge in [-0.25, -0.2) is 0 Å². The highest BCUT2D eigenvalue weighted by molar-refractivity contribution is 9.10. The van der Waals surface area contributed by atoms with E-state index >= 15 is 0 Å². The van der Waals surface area contributed by atoms with Crippen molar-refractivity contribution in [3.8, 4) is 0 Å². The van der Waals surface area contributed by atoms with E-state index in [0.29, 0.717) is 11.1 Å². The summed E-state index contributed by atoms with van der Waals surface area (Å²) in [6.07, 6.45) is 0. The lowest BCUT2D eigenvalue weighted by atomic mass is 9.57. The normalized spacial score (nSPS) is 45.7. The van der Waals surface area contributed by atoms with Crippen LogP contribution in [0.2, 0.25) is 0 Å². The predicted molar refractivity (Wildman–Crippen MR) is 149 cm³/mol. The van der Waals surface area contributed by atoms with Crippen molar-refractivity contribution in [2.45, 2.75) is 35.1 Å². The Morgan fingerprint density at radius 3 is 1.91 bits per heavy atom. The van der Waals surface area contributed by atoms with Gasteiger partial charge in [0.2, 0.25) is 0 Å². The van der Waals surface area contributed by atoms with Gasteiger partial charge in [0.05, 0.1) is 24.5 Å². The fourth-order valence-electron chi connectivity index (χ4n) is 7.07. The molecule has 0 unspecified atom stereocenters. The molecule has 5 aliphatic carbocycles. The van der Waals surface area contributed by atoms with Crippen LogP contribution in [0.15, 0.2) is 36.7 Å². The molecule has 15 heteroatoms. The molecule has 3 nitrogen and oxygen atoms in total. The first-order valence-electron chi connectivity index (χ1n) is 9.87. The van der Waals surface area contributed by atoms with Crippen LogP contribution in [0.3, 0.4) is 0 Å². The van der Waals surface area contributed by atoms with Crippen molar-refractivity contribution in [1.82, 2.24) is 0 Å². The molecule has 2 fully saturated rings. The second-order valence-corrected chi connectivity index (χ2v) is 16.2. The van der Waals surface area contributed by atoms with Crippen LogP contribution in [-0.2, 0) is 0 Å². The molecule has 8 atom stereocenters. The Morgan fingerprint density at radius 1 is 0.771 bits per heavy atom. The third-order valence-corrected chi connectivity index (χ3v) is 16.3. The fraction of sp³-hybridized carbons (Fsp3) is 0.500. The Bertz CT molecular complexity index is 1350. The zero-order valence-electron chi connectivity index (χ0n) is 16.3. The summed E-state index contributed by atoms with van der Waals surface area (Å²) in [5, 5.41) is 12.0. The molecule has 2 saturated carbocycles. The van der Waals surface area contributed by atoms with Gasteiger partial charge in [-0.2, -0.15) is 0 Å². The standard InChI is InChI=1S/C20H7BrCl11NO2/c21-5-1-3-4(2-6(5)33(34)35)8-11(18(28)15(25)14(24)17(8,27)20(18,31)32)9-7(3)10-12(22)13(23)16(9,26)19(10,29)30/h1-2,7-11H/t7-,8-,9+,10-,11+,16+,17+,18+/m1/s1. The summed E-state index contributed by atoms with van der Waals surface area (Å²) < 4.78 is -3.40. The largest absolute Gasteiger partial charge is 0.283 e. The van der Waals surface area contributed by atoms with E-state index in [4.69, 9.17) is 128 Å². The average Bonchev–Trinajstić information content (AvgIpc) is 3.14. The number of benzene rings is 1. The number of hydrogen-bond acceptors (Lipinski definition) is 2. The van der Waals surface area contributed by atoms with Gasteiger partial charge >= 0.3 is 0 Å². The van der Waals surface area contributed by atoms with E-state index < -0.39 is 57.8 Å². The second kappa shape index (κ2) is 7.53. The molecule has 0 spiro atoms. The minimum atomic E-state index is -1.95. The molecule has 0 saturated heterocycles. The van der Waals surface area contributed by atoms with Gasteiger partial charge in [-0.1, -0.05) is 92.8 Å². The predicted octanol–water partition coefficient (Wildman–Crippen LogP) is 10.1. The van der Waals surface area contributed by atoms with E-state index in [2.05, 4.69) is 15.9 Å². The van der Waals surface area contributed by atoms with Crippen molar-refractivity contribution in [2.75, 3.05) is 0 Å². The molecule has 0 amide bonds. The van der Waals surface area contributed by atoms with E-state index in [0.717, 1.165) is 0 Å². The number of fused-ring (bicyclic) bond motifs is 14. The third-order valence-electron chi connectivity index (χ3n) is 8.31. The molecule has 4 bridgehead atoms. The van der Waals surface area contributed by atoms with Crippen molar-refractivity contribution in [3.63, 3.8) is 0 Å². The molecule has 0 aliphatic heterocycles. The van der Waals surface area contributed by atoms with Gasteiger partial charge in [0.1, 0.15) is 14.6 Å². The van der Waals surface area contributed by atoms with Crippen LogP contribution < -0.4 is 0 Å². The molecule has 1 aromatic carbocycles. The second-order valence-electron chi connectivity index (χ2n) is 9.34. The van der Waals surface area contributed by atoms with E-state index in [9.17, 15) is 10.1 Å². The van der Waals surface area contributed by atoms with E-state index in [1.165, 1.54) is 6.07 Å². The summed E-state index contributed by atoms with van der Waals surface area (Å²) in [4.78, 5) is 6.20. The van der Waals surface area contributed by atoms with E-state index in [-0.39, 0.29) is 30.3 Å². The number of nitrogens with zero attached hydrogens (tertiary/aromatic N) is 1. The monoisotopic (exact) mass is 757 g/mol.